The van der Waals surface area contributed by atoms with Crippen LogP contribution < -0.4 is 5.32 Å². The first kappa shape index (κ1) is 33.2. The molecule has 240 valence electrons. The number of alkyl halides is 6. The Labute approximate surface area is 247 Å². The lowest BCUT2D eigenvalue weighted by Gasteiger charge is -2.27. The summed E-state index contributed by atoms with van der Waals surface area (Å²) in [5.41, 5.74) is -0.521. The molecule has 3 heterocycles. The lowest BCUT2D eigenvalue weighted by molar-refractivity contribution is -0.145. The van der Waals surface area contributed by atoms with Crippen LogP contribution in [-0.2, 0) is 27.5 Å². The van der Waals surface area contributed by atoms with E-state index in [1.54, 1.807) is 0 Å². The molecule has 1 aliphatic heterocycles. The minimum atomic E-state index is -4.80. The summed E-state index contributed by atoms with van der Waals surface area (Å²) in [6, 6.07) is 2.15. The molecule has 1 amide bonds. The van der Waals surface area contributed by atoms with Crippen molar-refractivity contribution in [3.05, 3.63) is 71.2 Å². The number of nitrogens with zero attached hydrogens (tertiary/aromatic N) is 4. The zero-order valence-corrected chi connectivity index (χ0v) is 23.5. The summed E-state index contributed by atoms with van der Waals surface area (Å²) in [5.74, 6) is -3.38. The highest BCUT2D eigenvalue weighted by Gasteiger charge is 2.49. The van der Waals surface area contributed by atoms with Gasteiger partial charge in [0, 0.05) is 43.8 Å². The number of rotatable bonds is 8. The second kappa shape index (κ2) is 12.3. The molecule has 1 saturated heterocycles. The Hall–Kier alpha value is -3.73. The van der Waals surface area contributed by atoms with Crippen LogP contribution in [0.3, 0.4) is 0 Å². The molecule has 17 heteroatoms. The maximum absolute atomic E-state index is 14.8. The normalized spacial score (nSPS) is 20.9. The van der Waals surface area contributed by atoms with E-state index >= 15 is 0 Å². The Kier molecular flexibility index (Phi) is 9.30. The molecule has 44 heavy (non-hydrogen) atoms. The van der Waals surface area contributed by atoms with Crippen molar-refractivity contribution in [1.29, 1.82) is 0 Å². The number of sulfonamides is 1. The number of halogens is 8. The maximum atomic E-state index is 14.8. The Morgan fingerprint density at radius 2 is 1.75 bits per heavy atom. The smallest absolute Gasteiger partial charge is 0.351 e. The molecule has 0 spiro atoms. The van der Waals surface area contributed by atoms with Crippen LogP contribution in [-0.4, -0.2) is 51.8 Å². The number of carbonyl (C=O) groups is 1. The second-order valence-corrected chi connectivity index (χ2v) is 12.2. The molecule has 2 aliphatic rings. The molecule has 3 aromatic rings. The summed E-state index contributed by atoms with van der Waals surface area (Å²) >= 11 is 0. The fraction of sp³-hybridized carbons (Fsp3) is 0.407. The average molecular weight is 654 g/mol. The first-order valence-electron chi connectivity index (χ1n) is 13.1. The highest BCUT2D eigenvalue weighted by atomic mass is 32.2. The monoisotopic (exact) mass is 653 g/mol. The summed E-state index contributed by atoms with van der Waals surface area (Å²) in [6.07, 6.45) is -7.22. The molecule has 8 nitrogen and oxygen atoms in total. The van der Waals surface area contributed by atoms with Gasteiger partial charge in [-0.15, -0.1) is 0 Å². The van der Waals surface area contributed by atoms with Gasteiger partial charge in [0.15, 0.2) is 0 Å². The highest BCUT2D eigenvalue weighted by Crippen LogP contribution is 2.45. The number of aromatic nitrogens is 3. The van der Waals surface area contributed by atoms with Gasteiger partial charge in [-0.25, -0.2) is 35.9 Å². The third-order valence-corrected chi connectivity index (χ3v) is 9.39. The van der Waals surface area contributed by atoms with Crippen molar-refractivity contribution in [2.24, 2.45) is 0 Å². The van der Waals surface area contributed by atoms with Gasteiger partial charge < -0.3 is 5.32 Å². The quantitative estimate of drug-likeness (QED) is 0.312. The summed E-state index contributed by atoms with van der Waals surface area (Å²) < 4.78 is 123. The zero-order valence-electron chi connectivity index (χ0n) is 22.7. The molecule has 1 aromatic carbocycles. The summed E-state index contributed by atoms with van der Waals surface area (Å²) in [4.78, 5) is 23.8. The van der Waals surface area contributed by atoms with Crippen LogP contribution >= 0.6 is 0 Å². The van der Waals surface area contributed by atoms with E-state index in [1.807, 2.05) is 0 Å². The first-order valence-corrected chi connectivity index (χ1v) is 14.5. The number of amides is 1. The molecule has 1 aliphatic carbocycles. The van der Waals surface area contributed by atoms with Crippen molar-refractivity contribution >= 4 is 15.9 Å². The molecule has 2 aromatic heterocycles. The van der Waals surface area contributed by atoms with Gasteiger partial charge in [-0.3, -0.25) is 14.5 Å². The molecule has 5 rings (SSSR count). The average Bonchev–Trinajstić information content (AvgIpc) is 3.75. The predicted octanol–water partition coefficient (Wildman–Crippen LogP) is 5.72. The minimum Gasteiger partial charge on any atom is -0.351 e. The first-order chi connectivity index (χ1) is 20.2. The molecular weight excluding hydrogens is 626 g/mol. The minimum absolute atomic E-state index is 0. The molecule has 0 bridgehead atoms. The summed E-state index contributed by atoms with van der Waals surface area (Å²) in [7, 11) is -4.46. The van der Waals surface area contributed by atoms with Crippen molar-refractivity contribution < 1.29 is 50.1 Å². The van der Waals surface area contributed by atoms with Gasteiger partial charge in [0.2, 0.25) is 21.8 Å². The molecule has 3 atom stereocenters. The predicted molar refractivity (Wildman–Crippen MR) is 142 cm³/mol. The van der Waals surface area contributed by atoms with Crippen LogP contribution in [0.5, 0.6) is 0 Å². The fourth-order valence-corrected chi connectivity index (χ4v) is 6.86. The van der Waals surface area contributed by atoms with Gasteiger partial charge in [0.05, 0.1) is 22.3 Å². The second-order valence-electron chi connectivity index (χ2n) is 10.3. The van der Waals surface area contributed by atoms with E-state index in [0.717, 1.165) is 36.7 Å². The van der Waals surface area contributed by atoms with Crippen LogP contribution in [0.1, 0.15) is 62.6 Å². The number of pyridine rings is 1. The molecule has 1 saturated carbocycles. The van der Waals surface area contributed by atoms with Crippen LogP contribution in [0.2, 0.25) is 0 Å². The van der Waals surface area contributed by atoms with Gasteiger partial charge in [0.1, 0.15) is 18.0 Å². The highest BCUT2D eigenvalue weighted by molar-refractivity contribution is 7.89. The molecule has 0 radical (unpaired) electrons. The molecule has 0 unspecified atom stereocenters. The van der Waals surface area contributed by atoms with Crippen LogP contribution in [0.25, 0.3) is 11.3 Å². The molecular formula is C27H27F8N5O3S. The Morgan fingerprint density at radius 3 is 2.30 bits per heavy atom. The van der Waals surface area contributed by atoms with E-state index in [4.69, 9.17) is 0 Å². The van der Waals surface area contributed by atoms with E-state index in [1.165, 1.54) is 13.0 Å². The summed E-state index contributed by atoms with van der Waals surface area (Å²) in [5, 5.41) is 2.42. The van der Waals surface area contributed by atoms with Gasteiger partial charge in [-0.2, -0.15) is 17.5 Å². The van der Waals surface area contributed by atoms with E-state index in [9.17, 15) is 43.9 Å². The van der Waals surface area contributed by atoms with E-state index in [-0.39, 0.29) is 39.5 Å². The van der Waals surface area contributed by atoms with Gasteiger partial charge in [-0.05, 0) is 55.7 Å². The SMILES string of the molecule is C[C@H]1[C@H](F)C[C@@H](C(=O)NCc2cc(-c3cnc(C(F)(F)F)nc3)nc(C3CC3)c2C(F)F)N1S(=O)(=O)c1ccc(F)cc1.F.[HH]. The van der Waals surface area contributed by atoms with Crippen molar-refractivity contribution in [3.8, 4) is 11.3 Å². The van der Waals surface area contributed by atoms with Crippen LogP contribution in [0.4, 0.5) is 35.4 Å². The van der Waals surface area contributed by atoms with E-state index < -0.39 is 77.0 Å². The number of benzene rings is 1. The zero-order chi connectivity index (χ0) is 31.3. The number of hydrogen-bond acceptors (Lipinski definition) is 6. The maximum Gasteiger partial charge on any atom is 0.451 e. The Balaban J connectivity index is 0.00000276. The summed E-state index contributed by atoms with van der Waals surface area (Å²) in [6.45, 7) is 0.735. The lowest BCUT2D eigenvalue weighted by atomic mass is 10.0. The van der Waals surface area contributed by atoms with Crippen LogP contribution in [0, 0.1) is 5.82 Å². The Morgan fingerprint density at radius 1 is 1.14 bits per heavy atom. The standard InChI is InChI=1S/C27H24F7N5O3S.FH.H2/c1-13-19(29)9-21(39(13)43(41,42)18-6-4-17(28)5-7-18)25(40)35-10-15-8-20(16-11-36-26(37-12-16)27(32,33)34)38-23(14-2-3-14)22(15)24(30)31;;/h4-8,11-14,19,21,24H,2-3,9-10H2,1H3,(H,35,40);2*1H/t13-,19+,21-;;/m0../s1. The van der Waals surface area contributed by atoms with Crippen molar-refractivity contribution in [1.82, 2.24) is 24.6 Å². The fourth-order valence-electron chi connectivity index (χ4n) is 5.05. The molecule has 2 fully saturated rings. The van der Waals surface area contributed by atoms with Crippen molar-refractivity contribution in [2.45, 2.75) is 74.4 Å². The van der Waals surface area contributed by atoms with Crippen molar-refractivity contribution in [3.63, 3.8) is 0 Å². The number of carbonyl (C=O) groups excluding carboxylic acids is 1. The molecule has 1 N–H and O–H groups in total. The number of hydrogen-bond donors (Lipinski definition) is 1. The van der Waals surface area contributed by atoms with Crippen LogP contribution in [0.15, 0.2) is 47.6 Å². The van der Waals surface area contributed by atoms with Crippen molar-refractivity contribution in [2.75, 3.05) is 0 Å². The lowest BCUT2D eigenvalue weighted by Crippen LogP contribution is -2.48. The topological polar surface area (TPSA) is 105 Å². The van der Waals surface area contributed by atoms with E-state index in [0.29, 0.717) is 17.1 Å². The van der Waals surface area contributed by atoms with E-state index in [2.05, 4.69) is 20.3 Å². The Bertz CT molecular complexity index is 1630. The third kappa shape index (κ3) is 6.52. The largest absolute Gasteiger partial charge is 0.451 e. The number of nitrogens with one attached hydrogen (secondary N) is 1. The van der Waals surface area contributed by atoms with Gasteiger partial charge in [-0.1, -0.05) is 0 Å². The van der Waals surface area contributed by atoms with Gasteiger partial charge >= 0.3 is 6.18 Å². The van der Waals surface area contributed by atoms with Gasteiger partial charge in [0.25, 0.3) is 6.43 Å². The third-order valence-electron chi connectivity index (χ3n) is 7.38.